The van der Waals surface area contributed by atoms with E-state index in [2.05, 4.69) is 31.3 Å². The van der Waals surface area contributed by atoms with E-state index in [-0.39, 0.29) is 12.1 Å². The SMILES string of the molecule is CCCC(C)COC1CCc2cc(OC)ccc2C1NC. The van der Waals surface area contributed by atoms with Crippen LogP contribution in [-0.4, -0.2) is 26.9 Å². The zero-order valence-corrected chi connectivity index (χ0v) is 13.8. The minimum Gasteiger partial charge on any atom is -0.497 e. The molecule has 1 aliphatic carbocycles. The highest BCUT2D eigenvalue weighted by Crippen LogP contribution is 2.34. The Balaban J connectivity index is 2.05. The molecule has 0 fully saturated rings. The summed E-state index contributed by atoms with van der Waals surface area (Å²) in [6, 6.07) is 6.68. The maximum Gasteiger partial charge on any atom is 0.119 e. The largest absolute Gasteiger partial charge is 0.497 e. The monoisotopic (exact) mass is 291 g/mol. The number of likely N-dealkylation sites (N-methyl/N-ethyl adjacent to an activating group) is 1. The summed E-state index contributed by atoms with van der Waals surface area (Å²) < 4.78 is 11.6. The first kappa shape index (κ1) is 16.3. The predicted octanol–water partition coefficient (Wildman–Crippen LogP) is 3.72. The fourth-order valence-electron chi connectivity index (χ4n) is 3.28. The van der Waals surface area contributed by atoms with Crippen LogP contribution in [0.4, 0.5) is 0 Å². The molecule has 0 amide bonds. The molecule has 0 saturated heterocycles. The van der Waals surface area contributed by atoms with Gasteiger partial charge in [0.1, 0.15) is 5.75 Å². The summed E-state index contributed by atoms with van der Waals surface area (Å²) in [5, 5.41) is 3.44. The van der Waals surface area contributed by atoms with E-state index in [1.54, 1.807) is 7.11 Å². The first-order chi connectivity index (χ1) is 10.2. The Hall–Kier alpha value is -1.06. The van der Waals surface area contributed by atoms with Crippen LogP contribution >= 0.6 is 0 Å². The molecule has 1 aromatic carbocycles. The molecule has 0 saturated carbocycles. The normalized spacial score (nSPS) is 22.7. The van der Waals surface area contributed by atoms with Crippen molar-refractivity contribution in [3.8, 4) is 5.75 Å². The number of hydrogen-bond donors (Lipinski definition) is 1. The van der Waals surface area contributed by atoms with Crippen LogP contribution in [0.2, 0.25) is 0 Å². The number of ether oxygens (including phenoxy) is 2. The van der Waals surface area contributed by atoms with E-state index in [0.717, 1.165) is 25.2 Å². The van der Waals surface area contributed by atoms with Gasteiger partial charge < -0.3 is 14.8 Å². The van der Waals surface area contributed by atoms with Crippen molar-refractivity contribution in [3.05, 3.63) is 29.3 Å². The number of rotatable bonds is 7. The third-order valence-electron chi connectivity index (χ3n) is 4.44. The molecule has 3 nitrogen and oxygen atoms in total. The number of benzene rings is 1. The molecule has 21 heavy (non-hydrogen) atoms. The summed E-state index contributed by atoms with van der Waals surface area (Å²) in [5.41, 5.74) is 2.74. The van der Waals surface area contributed by atoms with E-state index in [9.17, 15) is 0 Å². The van der Waals surface area contributed by atoms with E-state index in [1.165, 1.54) is 24.0 Å². The lowest BCUT2D eigenvalue weighted by molar-refractivity contribution is -0.000559. The lowest BCUT2D eigenvalue weighted by Crippen LogP contribution is -2.36. The lowest BCUT2D eigenvalue weighted by Gasteiger charge is -2.34. The van der Waals surface area contributed by atoms with Gasteiger partial charge in [-0.25, -0.2) is 0 Å². The van der Waals surface area contributed by atoms with Gasteiger partial charge in [-0.1, -0.05) is 26.3 Å². The van der Waals surface area contributed by atoms with Gasteiger partial charge in [0.2, 0.25) is 0 Å². The smallest absolute Gasteiger partial charge is 0.119 e. The van der Waals surface area contributed by atoms with Gasteiger partial charge in [-0.2, -0.15) is 0 Å². The summed E-state index contributed by atoms with van der Waals surface area (Å²) in [5.74, 6) is 1.59. The minimum absolute atomic E-state index is 0.273. The first-order valence-corrected chi connectivity index (χ1v) is 8.15. The van der Waals surface area contributed by atoms with Crippen molar-refractivity contribution in [1.82, 2.24) is 5.32 Å². The number of methoxy groups -OCH3 is 1. The molecule has 3 unspecified atom stereocenters. The van der Waals surface area contributed by atoms with Gasteiger partial charge in [0.25, 0.3) is 0 Å². The Bertz CT molecular complexity index is 447. The fraction of sp³-hybridized carbons (Fsp3) is 0.667. The molecule has 3 atom stereocenters. The van der Waals surface area contributed by atoms with E-state index in [1.807, 2.05) is 13.1 Å². The van der Waals surface area contributed by atoms with Gasteiger partial charge in [0.05, 0.1) is 19.3 Å². The second kappa shape index (κ2) is 7.81. The molecule has 1 aliphatic rings. The molecule has 118 valence electrons. The maximum absolute atomic E-state index is 6.22. The molecule has 2 rings (SSSR count). The topological polar surface area (TPSA) is 30.5 Å². The van der Waals surface area contributed by atoms with Crippen LogP contribution in [0.25, 0.3) is 0 Å². The molecule has 0 bridgehead atoms. The highest BCUT2D eigenvalue weighted by atomic mass is 16.5. The fourth-order valence-corrected chi connectivity index (χ4v) is 3.28. The molecule has 0 spiro atoms. The summed E-state index contributed by atoms with van der Waals surface area (Å²) >= 11 is 0. The van der Waals surface area contributed by atoms with Crippen molar-refractivity contribution in [3.63, 3.8) is 0 Å². The van der Waals surface area contributed by atoms with Crippen molar-refractivity contribution < 1.29 is 9.47 Å². The van der Waals surface area contributed by atoms with Gasteiger partial charge >= 0.3 is 0 Å². The van der Waals surface area contributed by atoms with Crippen LogP contribution in [0, 0.1) is 5.92 Å². The summed E-state index contributed by atoms with van der Waals surface area (Å²) in [6.07, 6.45) is 4.88. The molecule has 1 N–H and O–H groups in total. The molecule has 0 aliphatic heterocycles. The second-order valence-electron chi connectivity index (χ2n) is 6.14. The summed E-state index contributed by atoms with van der Waals surface area (Å²) in [6.45, 7) is 5.37. The molecule has 0 aromatic heterocycles. The van der Waals surface area contributed by atoms with Crippen molar-refractivity contribution in [2.24, 2.45) is 5.92 Å². The van der Waals surface area contributed by atoms with Gasteiger partial charge in [-0.05, 0) is 55.5 Å². The van der Waals surface area contributed by atoms with Crippen molar-refractivity contribution in [2.75, 3.05) is 20.8 Å². The highest BCUT2D eigenvalue weighted by molar-refractivity contribution is 5.39. The van der Waals surface area contributed by atoms with Gasteiger partial charge in [0.15, 0.2) is 0 Å². The van der Waals surface area contributed by atoms with Crippen molar-refractivity contribution >= 4 is 0 Å². The zero-order valence-electron chi connectivity index (χ0n) is 13.8. The van der Waals surface area contributed by atoms with E-state index in [4.69, 9.17) is 9.47 Å². The third-order valence-corrected chi connectivity index (χ3v) is 4.44. The number of fused-ring (bicyclic) bond motifs is 1. The number of nitrogens with one attached hydrogen (secondary N) is 1. The predicted molar refractivity (Wildman–Crippen MR) is 86.9 cm³/mol. The molecule has 0 radical (unpaired) electrons. The lowest BCUT2D eigenvalue weighted by atomic mass is 9.85. The van der Waals surface area contributed by atoms with Crippen molar-refractivity contribution in [2.45, 2.75) is 51.7 Å². The molecule has 3 heteroatoms. The molecule has 0 heterocycles. The van der Waals surface area contributed by atoms with Crippen LogP contribution in [0.3, 0.4) is 0 Å². The van der Waals surface area contributed by atoms with E-state index >= 15 is 0 Å². The third kappa shape index (κ3) is 3.98. The summed E-state index contributed by atoms with van der Waals surface area (Å²) in [7, 11) is 3.75. The average molecular weight is 291 g/mol. The minimum atomic E-state index is 0.273. The standard InChI is InChI=1S/C18H29NO2/c1-5-6-13(2)12-21-17-10-7-14-11-15(20-4)8-9-16(14)18(17)19-3/h8-9,11,13,17-19H,5-7,10,12H2,1-4H3. The van der Waals surface area contributed by atoms with Gasteiger partial charge in [-0.15, -0.1) is 0 Å². The Morgan fingerprint density at radius 3 is 2.86 bits per heavy atom. The molecular formula is C18H29NO2. The Kier molecular flexibility index (Phi) is 6.07. The zero-order chi connectivity index (χ0) is 15.2. The van der Waals surface area contributed by atoms with Crippen molar-refractivity contribution in [1.29, 1.82) is 0 Å². The van der Waals surface area contributed by atoms with Gasteiger partial charge in [0, 0.05) is 6.61 Å². The maximum atomic E-state index is 6.22. The second-order valence-corrected chi connectivity index (χ2v) is 6.14. The Labute approximate surface area is 129 Å². The van der Waals surface area contributed by atoms with Crippen LogP contribution in [0.5, 0.6) is 5.75 Å². The Morgan fingerprint density at radius 1 is 1.38 bits per heavy atom. The molecule has 1 aromatic rings. The van der Waals surface area contributed by atoms with E-state index < -0.39 is 0 Å². The van der Waals surface area contributed by atoms with Crippen LogP contribution in [0.1, 0.15) is 50.3 Å². The average Bonchev–Trinajstić information content (AvgIpc) is 2.51. The number of aryl methyl sites for hydroxylation is 1. The molecular weight excluding hydrogens is 262 g/mol. The van der Waals surface area contributed by atoms with Gasteiger partial charge in [-0.3, -0.25) is 0 Å². The van der Waals surface area contributed by atoms with Crippen LogP contribution in [0.15, 0.2) is 18.2 Å². The van der Waals surface area contributed by atoms with Crippen LogP contribution < -0.4 is 10.1 Å². The first-order valence-electron chi connectivity index (χ1n) is 8.15. The highest BCUT2D eigenvalue weighted by Gasteiger charge is 2.29. The summed E-state index contributed by atoms with van der Waals surface area (Å²) in [4.78, 5) is 0. The van der Waals surface area contributed by atoms with E-state index in [0.29, 0.717) is 5.92 Å². The number of hydrogen-bond acceptors (Lipinski definition) is 3. The quantitative estimate of drug-likeness (QED) is 0.830. The Morgan fingerprint density at radius 2 is 2.19 bits per heavy atom. The van der Waals surface area contributed by atoms with Crippen LogP contribution in [-0.2, 0) is 11.2 Å².